The largest absolute Gasteiger partial charge is 0.497 e. The van der Waals surface area contributed by atoms with Crippen molar-refractivity contribution in [1.29, 1.82) is 0 Å². The van der Waals surface area contributed by atoms with Crippen molar-refractivity contribution in [3.8, 4) is 5.75 Å². The summed E-state index contributed by atoms with van der Waals surface area (Å²) in [7, 11) is 1.60. The zero-order valence-corrected chi connectivity index (χ0v) is 10.9. The van der Waals surface area contributed by atoms with Crippen LogP contribution in [0.5, 0.6) is 5.75 Å². The molecule has 4 heteroatoms. The Morgan fingerprint density at radius 2 is 1.83 bits per heavy atom. The van der Waals surface area contributed by atoms with Gasteiger partial charge in [0.1, 0.15) is 5.75 Å². The van der Waals surface area contributed by atoms with Crippen molar-refractivity contribution >= 4 is 11.8 Å². The van der Waals surface area contributed by atoms with Gasteiger partial charge in [0.15, 0.2) is 0 Å². The molecular formula is C14H18O4. The monoisotopic (exact) mass is 250 g/mol. The molecule has 0 amide bonds. The van der Waals surface area contributed by atoms with E-state index in [0.717, 1.165) is 11.3 Å². The average molecular weight is 250 g/mol. The molecule has 0 bridgehead atoms. The number of carbonyl (C=O) groups is 2. The van der Waals surface area contributed by atoms with Crippen molar-refractivity contribution in [2.45, 2.75) is 26.2 Å². The lowest BCUT2D eigenvalue weighted by atomic mass is 9.96. The Morgan fingerprint density at radius 1 is 1.22 bits per heavy atom. The molecule has 0 saturated carbocycles. The lowest BCUT2D eigenvalue weighted by Gasteiger charge is -2.11. The van der Waals surface area contributed by atoms with Crippen LogP contribution in [0.25, 0.3) is 0 Å². The third-order valence-corrected chi connectivity index (χ3v) is 2.68. The first kappa shape index (κ1) is 14.2. The standard InChI is InChI=1S/C14H18O4/c1-4-18-14(16)13(15)9-10(2)11-5-7-12(17-3)8-6-11/h5-8,10H,4,9H2,1-3H3. The Balaban J connectivity index is 2.61. The van der Waals surface area contributed by atoms with Crippen LogP contribution >= 0.6 is 0 Å². The summed E-state index contributed by atoms with van der Waals surface area (Å²) < 4.78 is 9.73. The Labute approximate surface area is 107 Å². The lowest BCUT2D eigenvalue weighted by Crippen LogP contribution is -2.19. The number of rotatable bonds is 6. The number of carbonyl (C=O) groups excluding carboxylic acids is 2. The Bertz CT molecular complexity index is 408. The van der Waals surface area contributed by atoms with Gasteiger partial charge < -0.3 is 9.47 Å². The zero-order valence-electron chi connectivity index (χ0n) is 10.9. The highest BCUT2D eigenvalue weighted by Gasteiger charge is 2.19. The first-order valence-electron chi connectivity index (χ1n) is 5.92. The fourth-order valence-electron chi connectivity index (χ4n) is 1.62. The van der Waals surface area contributed by atoms with Crippen LogP contribution in [-0.4, -0.2) is 25.5 Å². The predicted molar refractivity (Wildman–Crippen MR) is 67.7 cm³/mol. The number of Topliss-reactive ketones (excluding diaryl/α,β-unsaturated/α-hetero) is 1. The maximum atomic E-state index is 11.5. The number of ketones is 1. The number of ether oxygens (including phenoxy) is 2. The molecule has 0 spiro atoms. The molecule has 0 N–H and O–H groups in total. The second-order valence-electron chi connectivity index (χ2n) is 4.02. The Hall–Kier alpha value is -1.84. The van der Waals surface area contributed by atoms with Gasteiger partial charge in [0.2, 0.25) is 5.78 Å². The van der Waals surface area contributed by atoms with Crippen LogP contribution in [0.4, 0.5) is 0 Å². The third-order valence-electron chi connectivity index (χ3n) is 2.68. The van der Waals surface area contributed by atoms with Crippen molar-refractivity contribution in [1.82, 2.24) is 0 Å². The number of hydrogen-bond donors (Lipinski definition) is 0. The van der Waals surface area contributed by atoms with Crippen LogP contribution in [0.1, 0.15) is 31.7 Å². The smallest absolute Gasteiger partial charge is 0.374 e. The molecule has 1 atom stereocenters. The molecule has 1 rings (SSSR count). The number of benzene rings is 1. The Kier molecular flexibility index (Phi) is 5.36. The molecule has 0 saturated heterocycles. The third kappa shape index (κ3) is 3.87. The van der Waals surface area contributed by atoms with Crippen molar-refractivity contribution in [3.63, 3.8) is 0 Å². The van der Waals surface area contributed by atoms with Crippen LogP contribution in [-0.2, 0) is 14.3 Å². The van der Waals surface area contributed by atoms with Crippen LogP contribution < -0.4 is 4.74 Å². The van der Waals surface area contributed by atoms with E-state index >= 15 is 0 Å². The molecule has 4 nitrogen and oxygen atoms in total. The highest BCUT2D eigenvalue weighted by atomic mass is 16.5. The second-order valence-corrected chi connectivity index (χ2v) is 4.02. The van der Waals surface area contributed by atoms with E-state index in [0.29, 0.717) is 0 Å². The van der Waals surface area contributed by atoms with Crippen LogP contribution in [0.3, 0.4) is 0 Å². The minimum absolute atomic E-state index is 0.0205. The molecule has 0 aliphatic rings. The topological polar surface area (TPSA) is 52.6 Å². The van der Waals surface area contributed by atoms with Crippen molar-refractivity contribution in [2.24, 2.45) is 0 Å². The summed E-state index contributed by atoms with van der Waals surface area (Å²) in [5.74, 6) is -0.492. The van der Waals surface area contributed by atoms with E-state index in [9.17, 15) is 9.59 Å². The molecule has 0 radical (unpaired) electrons. The minimum Gasteiger partial charge on any atom is -0.497 e. The first-order valence-corrected chi connectivity index (χ1v) is 5.92. The highest BCUT2D eigenvalue weighted by molar-refractivity contribution is 6.33. The van der Waals surface area contributed by atoms with Crippen LogP contribution in [0, 0.1) is 0 Å². The van der Waals surface area contributed by atoms with Gasteiger partial charge in [0, 0.05) is 6.42 Å². The molecule has 0 heterocycles. The van der Waals surface area contributed by atoms with Gasteiger partial charge in [-0.1, -0.05) is 19.1 Å². The normalized spacial score (nSPS) is 11.7. The molecule has 0 aliphatic carbocycles. The number of methoxy groups -OCH3 is 1. The van der Waals surface area contributed by atoms with E-state index < -0.39 is 11.8 Å². The minimum atomic E-state index is -0.752. The fourth-order valence-corrected chi connectivity index (χ4v) is 1.62. The van der Waals surface area contributed by atoms with E-state index in [4.69, 9.17) is 4.74 Å². The maximum Gasteiger partial charge on any atom is 0.374 e. The molecule has 1 unspecified atom stereocenters. The summed E-state index contributed by atoms with van der Waals surface area (Å²) >= 11 is 0. The van der Waals surface area contributed by atoms with Gasteiger partial charge in [0.05, 0.1) is 13.7 Å². The number of hydrogen-bond acceptors (Lipinski definition) is 4. The van der Waals surface area contributed by atoms with E-state index in [2.05, 4.69) is 4.74 Å². The van der Waals surface area contributed by atoms with Crippen LogP contribution in [0.2, 0.25) is 0 Å². The summed E-state index contributed by atoms with van der Waals surface area (Å²) in [6.07, 6.45) is 0.158. The molecule has 1 aromatic carbocycles. The first-order chi connectivity index (χ1) is 8.58. The molecule has 0 aromatic heterocycles. The zero-order chi connectivity index (χ0) is 13.5. The van der Waals surface area contributed by atoms with Gasteiger partial charge in [-0.15, -0.1) is 0 Å². The van der Waals surface area contributed by atoms with Crippen LogP contribution in [0.15, 0.2) is 24.3 Å². The number of esters is 1. The van der Waals surface area contributed by atoms with Crippen molar-refractivity contribution in [2.75, 3.05) is 13.7 Å². The molecule has 1 aromatic rings. The highest BCUT2D eigenvalue weighted by Crippen LogP contribution is 2.22. The van der Waals surface area contributed by atoms with Gasteiger partial charge in [0.25, 0.3) is 0 Å². The predicted octanol–water partition coefficient (Wildman–Crippen LogP) is 2.32. The van der Waals surface area contributed by atoms with E-state index in [-0.39, 0.29) is 18.9 Å². The molecule has 0 aliphatic heterocycles. The van der Waals surface area contributed by atoms with Gasteiger partial charge >= 0.3 is 5.97 Å². The van der Waals surface area contributed by atoms with E-state index in [1.807, 2.05) is 31.2 Å². The molecular weight excluding hydrogens is 232 g/mol. The molecule has 18 heavy (non-hydrogen) atoms. The molecule has 0 fully saturated rings. The summed E-state index contributed by atoms with van der Waals surface area (Å²) in [6, 6.07) is 7.45. The summed E-state index contributed by atoms with van der Waals surface area (Å²) in [4.78, 5) is 22.8. The summed E-state index contributed by atoms with van der Waals surface area (Å²) in [5.41, 5.74) is 0.994. The van der Waals surface area contributed by atoms with Gasteiger partial charge in [-0.05, 0) is 30.5 Å². The van der Waals surface area contributed by atoms with Gasteiger partial charge in [-0.2, -0.15) is 0 Å². The van der Waals surface area contributed by atoms with E-state index in [1.54, 1.807) is 14.0 Å². The van der Waals surface area contributed by atoms with Gasteiger partial charge in [-0.3, -0.25) is 4.79 Å². The van der Waals surface area contributed by atoms with Crippen molar-refractivity contribution in [3.05, 3.63) is 29.8 Å². The SMILES string of the molecule is CCOC(=O)C(=O)CC(C)c1ccc(OC)cc1. The molecule has 98 valence electrons. The summed E-state index contributed by atoms with van der Waals surface area (Å²) in [6.45, 7) is 3.80. The Morgan fingerprint density at radius 3 is 2.33 bits per heavy atom. The fraction of sp³-hybridized carbons (Fsp3) is 0.429. The second kappa shape index (κ2) is 6.79. The van der Waals surface area contributed by atoms with Crippen molar-refractivity contribution < 1.29 is 19.1 Å². The van der Waals surface area contributed by atoms with E-state index in [1.165, 1.54) is 0 Å². The van der Waals surface area contributed by atoms with Gasteiger partial charge in [-0.25, -0.2) is 4.79 Å². The maximum absolute atomic E-state index is 11.5. The average Bonchev–Trinajstić information content (AvgIpc) is 2.39. The quantitative estimate of drug-likeness (QED) is 0.574. The summed E-state index contributed by atoms with van der Waals surface area (Å²) in [5, 5.41) is 0. The lowest BCUT2D eigenvalue weighted by molar-refractivity contribution is -0.153.